The Bertz CT molecular complexity index is 1680. The fourth-order valence-corrected chi connectivity index (χ4v) is 5.37. The second-order valence-electron chi connectivity index (χ2n) is 10.1. The van der Waals surface area contributed by atoms with E-state index in [0.29, 0.717) is 6.42 Å². The van der Waals surface area contributed by atoms with E-state index in [2.05, 4.69) is 90.7 Å². The zero-order chi connectivity index (χ0) is 26.9. The number of para-hydroxylation sites is 1. The van der Waals surface area contributed by atoms with Gasteiger partial charge in [-0.3, -0.25) is 4.79 Å². The Morgan fingerprint density at radius 1 is 0.846 bits per heavy atom. The van der Waals surface area contributed by atoms with Crippen molar-refractivity contribution in [3.8, 4) is 16.9 Å². The molecule has 0 radical (unpaired) electrons. The lowest BCUT2D eigenvalue weighted by Gasteiger charge is -2.39. The number of benzene rings is 4. The van der Waals surface area contributed by atoms with Gasteiger partial charge in [-0.1, -0.05) is 60.2 Å². The fraction of sp³-hybridized carbons (Fsp3) is 0.143. The predicted octanol–water partition coefficient (Wildman–Crippen LogP) is 8.26. The van der Waals surface area contributed by atoms with Gasteiger partial charge in [-0.25, -0.2) is 4.98 Å². The molecule has 0 N–H and O–H groups in total. The lowest BCUT2D eigenvalue weighted by Crippen LogP contribution is -2.32. The number of hydrogen-bond donors (Lipinski definition) is 0. The minimum absolute atomic E-state index is 0.136. The van der Waals surface area contributed by atoms with Crippen molar-refractivity contribution < 1.29 is 9.53 Å². The summed E-state index contributed by atoms with van der Waals surface area (Å²) < 4.78 is 5.42. The molecule has 5 aromatic rings. The van der Waals surface area contributed by atoms with Crippen molar-refractivity contribution >= 4 is 34.1 Å². The van der Waals surface area contributed by atoms with E-state index in [1.54, 1.807) is 14.0 Å². The summed E-state index contributed by atoms with van der Waals surface area (Å²) in [7, 11) is 1.67. The number of ether oxygens (including phenoxy) is 1. The first-order valence-electron chi connectivity index (χ1n) is 13.2. The average Bonchev–Trinajstić information content (AvgIpc) is 2.96. The van der Waals surface area contributed by atoms with Gasteiger partial charge in [-0.15, -0.1) is 0 Å². The molecule has 4 aromatic carbocycles. The number of hydrogen-bond acceptors (Lipinski definition) is 4. The van der Waals surface area contributed by atoms with Crippen LogP contribution in [-0.4, -0.2) is 17.9 Å². The minimum Gasteiger partial charge on any atom is -0.497 e. The molecule has 0 saturated heterocycles. The Balaban J connectivity index is 1.53. The van der Waals surface area contributed by atoms with Gasteiger partial charge in [0.05, 0.1) is 30.1 Å². The molecule has 4 nitrogen and oxygen atoms in total. The van der Waals surface area contributed by atoms with Crippen LogP contribution in [0.25, 0.3) is 33.8 Å². The topological polar surface area (TPSA) is 42.4 Å². The van der Waals surface area contributed by atoms with Crippen LogP contribution in [0.4, 0.5) is 5.69 Å². The van der Waals surface area contributed by atoms with Crippen LogP contribution >= 0.6 is 0 Å². The van der Waals surface area contributed by atoms with Crippen molar-refractivity contribution in [1.82, 2.24) is 4.98 Å². The smallest absolute Gasteiger partial charge is 0.132 e. The standard InChI is InChI=1S/C35H30N2O2/c1-23-8-10-25(11-9-23)26-12-16-29(17-13-26)37-34(27-14-18-30(39-3)19-15-27)22-33-31(35(37)20-24(2)38)21-28-6-4-5-7-32(28)36-33/h4-19,21-22,35H,20H2,1-3H3. The highest BCUT2D eigenvalue weighted by atomic mass is 16.5. The van der Waals surface area contributed by atoms with E-state index in [4.69, 9.17) is 9.72 Å². The van der Waals surface area contributed by atoms with Crippen LogP contribution in [0.15, 0.2) is 103 Å². The maximum absolute atomic E-state index is 12.7. The molecule has 6 rings (SSSR count). The highest BCUT2D eigenvalue weighted by Gasteiger charge is 2.32. The Kier molecular flexibility index (Phi) is 6.45. The van der Waals surface area contributed by atoms with Crippen LogP contribution in [0.1, 0.15) is 41.8 Å². The van der Waals surface area contributed by atoms with Gasteiger partial charge >= 0.3 is 0 Å². The zero-order valence-corrected chi connectivity index (χ0v) is 22.4. The summed E-state index contributed by atoms with van der Waals surface area (Å²) in [6.45, 7) is 3.76. The summed E-state index contributed by atoms with van der Waals surface area (Å²) in [6, 6.07) is 35.4. The third-order valence-corrected chi connectivity index (χ3v) is 7.39. The number of anilines is 1. The van der Waals surface area contributed by atoms with E-state index in [0.717, 1.165) is 50.4 Å². The largest absolute Gasteiger partial charge is 0.497 e. The zero-order valence-electron chi connectivity index (χ0n) is 22.4. The molecule has 0 spiro atoms. The third-order valence-electron chi connectivity index (χ3n) is 7.39. The number of aryl methyl sites for hydroxylation is 1. The number of rotatable bonds is 6. The number of ketones is 1. The Hall–Kier alpha value is -4.70. The molecule has 0 saturated carbocycles. The maximum atomic E-state index is 12.7. The summed E-state index contributed by atoms with van der Waals surface area (Å²) in [4.78, 5) is 20.0. The summed E-state index contributed by atoms with van der Waals surface area (Å²) >= 11 is 0. The first-order chi connectivity index (χ1) is 19.0. The molecule has 39 heavy (non-hydrogen) atoms. The van der Waals surface area contributed by atoms with E-state index < -0.39 is 0 Å². The van der Waals surface area contributed by atoms with Crippen molar-refractivity contribution in [2.24, 2.45) is 0 Å². The molecule has 1 aliphatic rings. The second kappa shape index (κ2) is 10.2. The number of pyridine rings is 1. The van der Waals surface area contributed by atoms with Gasteiger partial charge in [0.2, 0.25) is 0 Å². The Morgan fingerprint density at radius 3 is 2.15 bits per heavy atom. The molecular weight excluding hydrogens is 480 g/mol. The average molecular weight is 511 g/mol. The van der Waals surface area contributed by atoms with Crippen LogP contribution in [0.5, 0.6) is 5.75 Å². The van der Waals surface area contributed by atoms with Crippen molar-refractivity contribution in [3.05, 3.63) is 126 Å². The van der Waals surface area contributed by atoms with Crippen molar-refractivity contribution in [3.63, 3.8) is 0 Å². The van der Waals surface area contributed by atoms with E-state index in [1.807, 2.05) is 30.3 Å². The summed E-state index contributed by atoms with van der Waals surface area (Å²) in [5.41, 5.74) is 9.54. The van der Waals surface area contributed by atoms with Gasteiger partial charge in [0, 0.05) is 23.1 Å². The van der Waals surface area contributed by atoms with Crippen LogP contribution in [-0.2, 0) is 4.79 Å². The Labute approximate surface area is 229 Å². The summed E-state index contributed by atoms with van der Waals surface area (Å²) in [5.74, 6) is 0.935. The highest BCUT2D eigenvalue weighted by Crippen LogP contribution is 2.44. The summed E-state index contributed by atoms with van der Waals surface area (Å²) in [6.07, 6.45) is 2.52. The quantitative estimate of drug-likeness (QED) is 0.231. The molecule has 1 aromatic heterocycles. The number of aromatic nitrogens is 1. The molecule has 0 amide bonds. The van der Waals surface area contributed by atoms with Crippen LogP contribution in [0.3, 0.4) is 0 Å². The van der Waals surface area contributed by atoms with E-state index in [-0.39, 0.29) is 11.8 Å². The van der Waals surface area contributed by atoms with Gasteiger partial charge < -0.3 is 9.64 Å². The minimum atomic E-state index is -0.193. The van der Waals surface area contributed by atoms with E-state index >= 15 is 0 Å². The molecule has 1 unspecified atom stereocenters. The number of Topliss-reactive ketones (excluding diaryl/α,β-unsaturated/α-hetero) is 1. The lowest BCUT2D eigenvalue weighted by molar-refractivity contribution is -0.117. The number of carbonyl (C=O) groups excluding carboxylic acids is 1. The molecule has 4 heteroatoms. The fourth-order valence-electron chi connectivity index (χ4n) is 5.37. The van der Waals surface area contributed by atoms with Crippen molar-refractivity contribution in [2.45, 2.75) is 26.3 Å². The van der Waals surface area contributed by atoms with Crippen LogP contribution < -0.4 is 9.64 Å². The second-order valence-corrected chi connectivity index (χ2v) is 10.1. The molecule has 2 heterocycles. The molecule has 192 valence electrons. The maximum Gasteiger partial charge on any atom is 0.132 e. The predicted molar refractivity (Wildman–Crippen MR) is 160 cm³/mol. The van der Waals surface area contributed by atoms with Crippen molar-refractivity contribution in [1.29, 1.82) is 0 Å². The first kappa shape index (κ1) is 24.6. The van der Waals surface area contributed by atoms with Crippen molar-refractivity contribution in [2.75, 3.05) is 12.0 Å². The molecular formula is C35H30N2O2. The van der Waals surface area contributed by atoms with Gasteiger partial charge in [0.1, 0.15) is 11.5 Å². The Morgan fingerprint density at radius 2 is 1.49 bits per heavy atom. The SMILES string of the molecule is COc1ccc(C2=Cc3nc4ccccc4cc3C(CC(C)=O)N2c2ccc(-c3ccc(C)cc3)cc2)cc1. The molecule has 1 atom stereocenters. The van der Waals surface area contributed by atoms with Gasteiger partial charge in [0.25, 0.3) is 0 Å². The number of carbonyl (C=O) groups is 1. The number of methoxy groups -OCH3 is 1. The normalized spacial score (nSPS) is 14.6. The van der Waals surface area contributed by atoms with E-state index in [1.165, 1.54) is 11.1 Å². The van der Waals surface area contributed by atoms with E-state index in [9.17, 15) is 4.79 Å². The van der Waals surface area contributed by atoms with Gasteiger partial charge in [-0.2, -0.15) is 0 Å². The molecule has 0 bridgehead atoms. The van der Waals surface area contributed by atoms with Crippen LogP contribution in [0, 0.1) is 6.92 Å². The number of fused-ring (bicyclic) bond motifs is 2. The molecule has 1 aliphatic heterocycles. The molecule has 0 aliphatic carbocycles. The van der Waals surface area contributed by atoms with Crippen LogP contribution in [0.2, 0.25) is 0 Å². The monoisotopic (exact) mass is 510 g/mol. The highest BCUT2D eigenvalue weighted by molar-refractivity contribution is 5.96. The lowest BCUT2D eigenvalue weighted by atomic mass is 9.90. The number of nitrogens with zero attached hydrogens (tertiary/aromatic N) is 2. The van der Waals surface area contributed by atoms with Gasteiger partial charge in [0.15, 0.2) is 0 Å². The van der Waals surface area contributed by atoms with Gasteiger partial charge in [-0.05, 0) is 85.1 Å². The third kappa shape index (κ3) is 4.82. The summed E-state index contributed by atoms with van der Waals surface area (Å²) in [5, 5.41) is 1.07. The first-order valence-corrected chi connectivity index (χ1v) is 13.2. The molecule has 0 fully saturated rings.